The Hall–Kier alpha value is 0.680. The number of allylic oxidation sites excluding steroid dienone is 1. The summed E-state index contributed by atoms with van der Waals surface area (Å²) in [5.41, 5.74) is 1.36. The molecule has 0 unspecified atom stereocenters. The minimum atomic E-state index is 0.108. The number of ether oxygens (including phenoxy) is 1. The second-order valence-corrected chi connectivity index (χ2v) is 9.10. The lowest BCUT2D eigenvalue weighted by Crippen LogP contribution is -2.11. The summed E-state index contributed by atoms with van der Waals surface area (Å²) in [6.07, 6.45) is 0. The van der Waals surface area contributed by atoms with Gasteiger partial charge >= 0.3 is 0 Å². The Morgan fingerprint density at radius 3 is 1.95 bits per heavy atom. The molecule has 0 aliphatic rings. The van der Waals surface area contributed by atoms with E-state index in [9.17, 15) is 0 Å². The Kier molecular flexibility index (Phi) is 6.62. The van der Waals surface area contributed by atoms with Gasteiger partial charge in [0.05, 0.1) is 8.95 Å². The van der Waals surface area contributed by atoms with Crippen LogP contribution in [0.2, 0.25) is 0 Å². The molecule has 0 fully saturated rings. The van der Waals surface area contributed by atoms with Crippen LogP contribution in [0.5, 0.6) is 5.75 Å². The SMILES string of the molecule is CC(Br)=C(Br)COc1c(Br)cc(C(C)(C)C)cc1Br. The molecule has 19 heavy (non-hydrogen) atoms. The van der Waals surface area contributed by atoms with Gasteiger partial charge in [-0.15, -0.1) is 0 Å². The quantitative estimate of drug-likeness (QED) is 0.422. The Labute approximate surface area is 148 Å². The molecule has 0 aliphatic carbocycles. The maximum absolute atomic E-state index is 5.83. The van der Waals surface area contributed by atoms with Gasteiger partial charge in [-0.3, -0.25) is 0 Å². The van der Waals surface area contributed by atoms with E-state index in [2.05, 4.69) is 96.6 Å². The first-order chi connectivity index (χ1) is 8.62. The standard InChI is InChI=1S/C14H16Br4O/c1-8(15)12(18)7-19-13-10(16)5-9(6-11(13)17)14(2,3)4/h5-6H,7H2,1-4H3. The zero-order chi connectivity index (χ0) is 14.8. The maximum atomic E-state index is 5.83. The molecule has 0 atom stereocenters. The number of hydrogen-bond donors (Lipinski definition) is 0. The van der Waals surface area contributed by atoms with Crippen LogP contribution in [0, 0.1) is 0 Å². The van der Waals surface area contributed by atoms with E-state index in [1.807, 2.05) is 6.92 Å². The van der Waals surface area contributed by atoms with Crippen molar-refractivity contribution in [2.45, 2.75) is 33.1 Å². The normalized spacial score (nSPS) is 13.3. The Morgan fingerprint density at radius 1 is 1.11 bits per heavy atom. The van der Waals surface area contributed by atoms with Crippen molar-refractivity contribution in [3.8, 4) is 5.75 Å². The molecular weight excluding hydrogens is 504 g/mol. The summed E-state index contributed by atoms with van der Waals surface area (Å²) >= 11 is 14.0. The fraction of sp³-hybridized carbons (Fsp3) is 0.429. The van der Waals surface area contributed by atoms with Gasteiger partial charge in [0.2, 0.25) is 0 Å². The molecule has 0 saturated heterocycles. The van der Waals surface area contributed by atoms with E-state index in [0.717, 1.165) is 23.7 Å². The molecule has 0 bridgehead atoms. The lowest BCUT2D eigenvalue weighted by atomic mass is 9.87. The van der Waals surface area contributed by atoms with Crippen LogP contribution >= 0.6 is 63.7 Å². The van der Waals surface area contributed by atoms with Crippen LogP contribution in [0.25, 0.3) is 0 Å². The zero-order valence-corrected chi connectivity index (χ0v) is 17.6. The van der Waals surface area contributed by atoms with Crippen LogP contribution in [-0.4, -0.2) is 6.61 Å². The van der Waals surface area contributed by atoms with E-state index in [4.69, 9.17) is 4.74 Å². The lowest BCUT2D eigenvalue weighted by Gasteiger charge is -2.21. The molecule has 0 N–H and O–H groups in total. The molecule has 5 heteroatoms. The monoisotopic (exact) mass is 516 g/mol. The highest BCUT2D eigenvalue weighted by molar-refractivity contribution is 9.14. The number of hydrogen-bond acceptors (Lipinski definition) is 1. The number of benzene rings is 1. The first-order valence-electron chi connectivity index (χ1n) is 5.76. The molecular formula is C14H16Br4O. The Balaban J connectivity index is 3.02. The van der Waals surface area contributed by atoms with Crippen LogP contribution in [-0.2, 0) is 5.41 Å². The smallest absolute Gasteiger partial charge is 0.148 e. The van der Waals surface area contributed by atoms with Crippen molar-refractivity contribution in [2.75, 3.05) is 6.61 Å². The minimum absolute atomic E-state index is 0.108. The van der Waals surface area contributed by atoms with Crippen molar-refractivity contribution in [1.82, 2.24) is 0 Å². The van der Waals surface area contributed by atoms with E-state index >= 15 is 0 Å². The van der Waals surface area contributed by atoms with Gasteiger partial charge < -0.3 is 4.74 Å². The minimum Gasteiger partial charge on any atom is -0.486 e. The van der Waals surface area contributed by atoms with Crippen LogP contribution in [0.3, 0.4) is 0 Å². The van der Waals surface area contributed by atoms with Gasteiger partial charge in [-0.1, -0.05) is 52.6 Å². The topological polar surface area (TPSA) is 9.23 Å². The van der Waals surface area contributed by atoms with E-state index in [-0.39, 0.29) is 5.41 Å². The summed E-state index contributed by atoms with van der Waals surface area (Å²) < 4.78 is 9.77. The van der Waals surface area contributed by atoms with E-state index in [1.54, 1.807) is 0 Å². The predicted molar refractivity (Wildman–Crippen MR) is 96.6 cm³/mol. The third-order valence-electron chi connectivity index (χ3n) is 2.58. The first kappa shape index (κ1) is 17.7. The summed E-state index contributed by atoms with van der Waals surface area (Å²) in [5.74, 6) is 0.818. The van der Waals surface area contributed by atoms with Gasteiger partial charge in [-0.05, 0) is 61.9 Å². The fourth-order valence-corrected chi connectivity index (χ4v) is 3.01. The highest BCUT2D eigenvalue weighted by Crippen LogP contribution is 2.38. The molecule has 0 spiro atoms. The van der Waals surface area contributed by atoms with E-state index in [1.165, 1.54) is 5.56 Å². The molecule has 0 aromatic heterocycles. The van der Waals surface area contributed by atoms with Gasteiger partial charge in [0.1, 0.15) is 12.4 Å². The molecule has 1 aromatic carbocycles. The molecule has 1 nitrogen and oxygen atoms in total. The molecule has 0 heterocycles. The second kappa shape index (κ2) is 7.10. The molecule has 1 aromatic rings. The van der Waals surface area contributed by atoms with Crippen LogP contribution < -0.4 is 4.74 Å². The van der Waals surface area contributed by atoms with Gasteiger partial charge in [-0.25, -0.2) is 0 Å². The molecule has 0 amide bonds. The number of rotatable bonds is 3. The van der Waals surface area contributed by atoms with E-state index in [0.29, 0.717) is 6.61 Å². The highest BCUT2D eigenvalue weighted by atomic mass is 79.9. The zero-order valence-electron chi connectivity index (χ0n) is 11.3. The summed E-state index contributed by atoms with van der Waals surface area (Å²) in [5, 5.41) is 0. The molecule has 106 valence electrons. The first-order valence-corrected chi connectivity index (χ1v) is 8.93. The third-order valence-corrected chi connectivity index (χ3v) is 5.59. The van der Waals surface area contributed by atoms with Crippen molar-refractivity contribution < 1.29 is 4.74 Å². The Bertz CT molecular complexity index is 474. The Morgan fingerprint density at radius 2 is 1.58 bits per heavy atom. The summed E-state index contributed by atoms with van der Waals surface area (Å²) in [7, 11) is 0. The average Bonchev–Trinajstić information content (AvgIpc) is 2.25. The highest BCUT2D eigenvalue weighted by Gasteiger charge is 2.18. The summed E-state index contributed by atoms with van der Waals surface area (Å²) in [6, 6.07) is 4.22. The van der Waals surface area contributed by atoms with Crippen LogP contribution in [0.15, 0.2) is 30.0 Å². The van der Waals surface area contributed by atoms with Crippen molar-refractivity contribution in [1.29, 1.82) is 0 Å². The van der Waals surface area contributed by atoms with Crippen molar-refractivity contribution in [3.63, 3.8) is 0 Å². The average molecular weight is 520 g/mol. The lowest BCUT2D eigenvalue weighted by molar-refractivity contribution is 0.355. The largest absolute Gasteiger partial charge is 0.486 e. The maximum Gasteiger partial charge on any atom is 0.148 e. The van der Waals surface area contributed by atoms with Crippen LogP contribution in [0.4, 0.5) is 0 Å². The molecule has 0 aliphatic heterocycles. The van der Waals surface area contributed by atoms with E-state index < -0.39 is 0 Å². The van der Waals surface area contributed by atoms with Gasteiger partial charge in [0.15, 0.2) is 0 Å². The summed E-state index contributed by atoms with van der Waals surface area (Å²) in [6.45, 7) is 9.03. The van der Waals surface area contributed by atoms with Crippen molar-refractivity contribution in [2.24, 2.45) is 0 Å². The van der Waals surface area contributed by atoms with Crippen LogP contribution in [0.1, 0.15) is 33.3 Å². The van der Waals surface area contributed by atoms with Gasteiger partial charge in [0.25, 0.3) is 0 Å². The molecule has 0 saturated carbocycles. The molecule has 1 rings (SSSR count). The molecule has 0 radical (unpaired) electrons. The number of halogens is 4. The summed E-state index contributed by atoms with van der Waals surface area (Å²) in [4.78, 5) is 0. The van der Waals surface area contributed by atoms with Crippen molar-refractivity contribution >= 4 is 63.7 Å². The third kappa shape index (κ3) is 5.18. The van der Waals surface area contributed by atoms with Gasteiger partial charge in [0, 0.05) is 8.96 Å². The fourth-order valence-electron chi connectivity index (χ4n) is 1.37. The van der Waals surface area contributed by atoms with Crippen molar-refractivity contribution in [3.05, 3.63) is 35.6 Å². The van der Waals surface area contributed by atoms with Gasteiger partial charge in [-0.2, -0.15) is 0 Å². The predicted octanol–water partition coefficient (Wildman–Crippen LogP) is 6.91. The second-order valence-electron chi connectivity index (χ2n) is 5.25.